The molecule has 1 fully saturated rings. The fourth-order valence-corrected chi connectivity index (χ4v) is 3.20. The van der Waals surface area contributed by atoms with Crippen LogP contribution in [0, 0.1) is 5.92 Å². The van der Waals surface area contributed by atoms with Crippen LogP contribution in [-0.4, -0.2) is 42.0 Å². The predicted molar refractivity (Wildman–Crippen MR) is 74.3 cm³/mol. The number of carbonyl (C=O) groups excluding carboxylic acids is 1. The molecule has 6 heteroatoms. The molecule has 1 saturated heterocycles. The molecule has 1 amide bonds. The van der Waals surface area contributed by atoms with Crippen LogP contribution in [0.4, 0.5) is 0 Å². The van der Waals surface area contributed by atoms with Crippen LogP contribution < -0.4 is 5.32 Å². The molecule has 0 aromatic carbocycles. The lowest BCUT2D eigenvalue weighted by atomic mass is 10.0. The Balaban J connectivity index is 1.72. The number of amides is 1. The molecule has 18 heavy (non-hydrogen) atoms. The van der Waals surface area contributed by atoms with Crippen LogP contribution in [0.15, 0.2) is 5.51 Å². The zero-order chi connectivity index (χ0) is 13.0. The molecule has 100 valence electrons. The third-order valence-corrected chi connectivity index (χ3v) is 4.41. The number of nitrogens with one attached hydrogen (secondary N) is 1. The first-order valence-corrected chi connectivity index (χ1v) is 7.52. The van der Waals surface area contributed by atoms with E-state index >= 15 is 0 Å². The highest BCUT2D eigenvalue weighted by Gasteiger charge is 2.17. The summed E-state index contributed by atoms with van der Waals surface area (Å²) in [7, 11) is 0. The monoisotopic (exact) mass is 287 g/mol. The predicted octanol–water partition coefficient (Wildman–Crippen LogP) is 2.26. The number of piperidine rings is 1. The Morgan fingerprint density at radius 3 is 3.22 bits per heavy atom. The van der Waals surface area contributed by atoms with Gasteiger partial charge in [-0.1, -0.05) is 18.5 Å². The molecule has 1 atom stereocenters. The van der Waals surface area contributed by atoms with Crippen molar-refractivity contribution in [1.82, 2.24) is 15.2 Å². The fraction of sp³-hybridized carbons (Fsp3) is 0.667. The summed E-state index contributed by atoms with van der Waals surface area (Å²) in [5, 5.41) is 3.19. The highest BCUT2D eigenvalue weighted by Crippen LogP contribution is 2.18. The van der Waals surface area contributed by atoms with E-state index in [1.807, 2.05) is 0 Å². The smallest absolute Gasteiger partial charge is 0.264 e. The van der Waals surface area contributed by atoms with E-state index in [1.165, 1.54) is 24.2 Å². The quantitative estimate of drug-likeness (QED) is 0.924. The molecule has 2 heterocycles. The van der Waals surface area contributed by atoms with E-state index in [9.17, 15) is 4.79 Å². The van der Waals surface area contributed by atoms with Crippen molar-refractivity contribution in [1.29, 1.82) is 0 Å². The number of hydrogen-bond donors (Lipinski definition) is 1. The molecule has 4 nitrogen and oxygen atoms in total. The van der Waals surface area contributed by atoms with Gasteiger partial charge in [0.05, 0.1) is 5.51 Å². The number of aromatic nitrogens is 1. The number of hydrogen-bond acceptors (Lipinski definition) is 4. The van der Waals surface area contributed by atoms with Crippen LogP contribution in [0.25, 0.3) is 0 Å². The van der Waals surface area contributed by atoms with Gasteiger partial charge in [0.2, 0.25) is 0 Å². The summed E-state index contributed by atoms with van der Waals surface area (Å²) in [5.74, 6) is 0.651. The van der Waals surface area contributed by atoms with Crippen molar-refractivity contribution in [2.24, 2.45) is 5.92 Å². The van der Waals surface area contributed by atoms with Gasteiger partial charge in [0.15, 0.2) is 5.15 Å². The van der Waals surface area contributed by atoms with Gasteiger partial charge in [0.25, 0.3) is 5.91 Å². The molecule has 1 N–H and O–H groups in total. The molecule has 0 spiro atoms. The maximum absolute atomic E-state index is 11.8. The van der Waals surface area contributed by atoms with Crippen LogP contribution >= 0.6 is 22.9 Å². The second-order valence-electron chi connectivity index (χ2n) is 4.78. The zero-order valence-corrected chi connectivity index (χ0v) is 12.1. The SMILES string of the molecule is CC1CCCN(CCNC(=O)c2scnc2Cl)C1. The fourth-order valence-electron chi connectivity index (χ4n) is 2.28. The highest BCUT2D eigenvalue weighted by atomic mass is 35.5. The van der Waals surface area contributed by atoms with Gasteiger partial charge in [-0.15, -0.1) is 11.3 Å². The third kappa shape index (κ3) is 3.67. The summed E-state index contributed by atoms with van der Waals surface area (Å²) >= 11 is 7.08. The van der Waals surface area contributed by atoms with Crippen molar-refractivity contribution in [3.05, 3.63) is 15.5 Å². The molecule has 0 bridgehead atoms. The van der Waals surface area contributed by atoms with E-state index in [-0.39, 0.29) is 5.91 Å². The van der Waals surface area contributed by atoms with E-state index < -0.39 is 0 Å². The van der Waals surface area contributed by atoms with Crippen molar-refractivity contribution < 1.29 is 4.79 Å². The molecule has 1 aliphatic heterocycles. The standard InChI is InChI=1S/C12H18ClN3OS/c1-9-3-2-5-16(7-9)6-4-14-12(17)10-11(13)15-8-18-10/h8-9H,2-7H2,1H3,(H,14,17). The Labute approximate surface area is 116 Å². The zero-order valence-electron chi connectivity index (χ0n) is 10.5. The summed E-state index contributed by atoms with van der Waals surface area (Å²) in [5.41, 5.74) is 1.59. The van der Waals surface area contributed by atoms with E-state index in [4.69, 9.17) is 11.6 Å². The topological polar surface area (TPSA) is 45.2 Å². The van der Waals surface area contributed by atoms with E-state index in [0.717, 1.165) is 25.6 Å². The van der Waals surface area contributed by atoms with Gasteiger partial charge in [-0.3, -0.25) is 4.79 Å². The lowest BCUT2D eigenvalue weighted by molar-refractivity contribution is 0.0948. The molecule has 1 aromatic rings. The first kappa shape index (κ1) is 13.8. The van der Waals surface area contributed by atoms with Crippen molar-refractivity contribution in [3.8, 4) is 0 Å². The Hall–Kier alpha value is -0.650. The van der Waals surface area contributed by atoms with Crippen molar-refractivity contribution >= 4 is 28.8 Å². The minimum atomic E-state index is -0.118. The minimum absolute atomic E-state index is 0.118. The molecule has 1 unspecified atom stereocenters. The Morgan fingerprint density at radius 2 is 2.56 bits per heavy atom. The number of carbonyl (C=O) groups is 1. The van der Waals surface area contributed by atoms with Gasteiger partial charge in [0.1, 0.15) is 4.88 Å². The lowest BCUT2D eigenvalue weighted by Crippen LogP contribution is -2.40. The molecule has 0 aliphatic carbocycles. The molecule has 0 saturated carbocycles. The first-order valence-electron chi connectivity index (χ1n) is 6.26. The Morgan fingerprint density at radius 1 is 1.72 bits per heavy atom. The average molecular weight is 288 g/mol. The van der Waals surface area contributed by atoms with E-state index in [0.29, 0.717) is 16.6 Å². The summed E-state index contributed by atoms with van der Waals surface area (Å²) in [6, 6.07) is 0. The van der Waals surface area contributed by atoms with Crippen LogP contribution in [0.1, 0.15) is 29.4 Å². The van der Waals surface area contributed by atoms with E-state index in [1.54, 1.807) is 5.51 Å². The van der Waals surface area contributed by atoms with Crippen LogP contribution in [-0.2, 0) is 0 Å². The molecular formula is C12H18ClN3OS. The first-order chi connectivity index (χ1) is 8.66. The van der Waals surface area contributed by atoms with Gasteiger partial charge in [-0.25, -0.2) is 4.98 Å². The molecule has 1 aromatic heterocycles. The van der Waals surface area contributed by atoms with Crippen LogP contribution in [0.3, 0.4) is 0 Å². The van der Waals surface area contributed by atoms with Gasteiger partial charge in [-0.05, 0) is 25.3 Å². The molecule has 0 radical (unpaired) electrons. The number of rotatable bonds is 4. The summed E-state index contributed by atoms with van der Waals surface area (Å²) in [4.78, 5) is 18.6. The van der Waals surface area contributed by atoms with Crippen molar-refractivity contribution in [3.63, 3.8) is 0 Å². The second kappa shape index (κ2) is 6.50. The molecule has 1 aliphatic rings. The van der Waals surface area contributed by atoms with Gasteiger partial charge < -0.3 is 10.2 Å². The number of nitrogens with zero attached hydrogens (tertiary/aromatic N) is 2. The van der Waals surface area contributed by atoms with Gasteiger partial charge in [0, 0.05) is 19.6 Å². The molecular weight excluding hydrogens is 270 g/mol. The minimum Gasteiger partial charge on any atom is -0.350 e. The third-order valence-electron chi connectivity index (χ3n) is 3.18. The average Bonchev–Trinajstić information content (AvgIpc) is 2.75. The summed E-state index contributed by atoms with van der Waals surface area (Å²) < 4.78 is 0. The second-order valence-corrected chi connectivity index (χ2v) is 5.99. The maximum Gasteiger partial charge on any atom is 0.264 e. The Kier molecular flexibility index (Phi) is 4.97. The van der Waals surface area contributed by atoms with Crippen molar-refractivity contribution in [2.75, 3.05) is 26.2 Å². The molecule has 2 rings (SSSR count). The largest absolute Gasteiger partial charge is 0.350 e. The number of thiazole rings is 1. The van der Waals surface area contributed by atoms with Gasteiger partial charge >= 0.3 is 0 Å². The van der Waals surface area contributed by atoms with E-state index in [2.05, 4.69) is 22.1 Å². The normalized spacial score (nSPS) is 20.9. The number of halogens is 1. The van der Waals surface area contributed by atoms with Crippen LogP contribution in [0.2, 0.25) is 5.15 Å². The van der Waals surface area contributed by atoms with Crippen molar-refractivity contribution in [2.45, 2.75) is 19.8 Å². The lowest BCUT2D eigenvalue weighted by Gasteiger charge is -2.30. The van der Waals surface area contributed by atoms with Crippen LogP contribution in [0.5, 0.6) is 0 Å². The Bertz CT molecular complexity index is 410. The summed E-state index contributed by atoms with van der Waals surface area (Å²) in [6.45, 7) is 6.13. The maximum atomic E-state index is 11.8. The highest BCUT2D eigenvalue weighted by molar-refractivity contribution is 7.12. The van der Waals surface area contributed by atoms with Gasteiger partial charge in [-0.2, -0.15) is 0 Å². The summed E-state index contributed by atoms with van der Waals surface area (Å²) in [6.07, 6.45) is 2.58. The number of likely N-dealkylation sites (tertiary alicyclic amines) is 1.